The summed E-state index contributed by atoms with van der Waals surface area (Å²) >= 11 is 5.87. The third-order valence-corrected chi connectivity index (χ3v) is 4.71. The highest BCUT2D eigenvalue weighted by Gasteiger charge is 2.28. The molecule has 2 aromatic carbocycles. The van der Waals surface area contributed by atoms with E-state index in [9.17, 15) is 13.6 Å². The van der Waals surface area contributed by atoms with E-state index in [0.717, 1.165) is 36.1 Å². The lowest BCUT2D eigenvalue weighted by molar-refractivity contribution is 0.0723. The highest BCUT2D eigenvalue weighted by atomic mass is 35.5. The van der Waals surface area contributed by atoms with Crippen molar-refractivity contribution in [2.45, 2.75) is 25.7 Å². The highest BCUT2D eigenvalue weighted by Crippen LogP contribution is 2.46. The molecule has 1 saturated carbocycles. The van der Waals surface area contributed by atoms with Gasteiger partial charge in [0, 0.05) is 6.07 Å². The first-order valence-electron chi connectivity index (χ1n) is 8.91. The predicted octanol–water partition coefficient (Wildman–Crippen LogP) is 5.61. The second kappa shape index (κ2) is 7.75. The van der Waals surface area contributed by atoms with Gasteiger partial charge in [-0.05, 0) is 48.9 Å². The van der Waals surface area contributed by atoms with Crippen molar-refractivity contribution in [2.24, 2.45) is 0 Å². The molecule has 1 aliphatic rings. The van der Waals surface area contributed by atoms with Gasteiger partial charge in [-0.2, -0.15) is 0 Å². The molecule has 0 unspecified atom stereocenters. The van der Waals surface area contributed by atoms with Gasteiger partial charge in [-0.15, -0.1) is 10.2 Å². The van der Waals surface area contributed by atoms with Crippen LogP contribution in [0.4, 0.5) is 8.78 Å². The molecule has 148 valence electrons. The van der Waals surface area contributed by atoms with E-state index in [1.165, 1.54) is 12.1 Å². The summed E-state index contributed by atoms with van der Waals surface area (Å²) in [5, 5.41) is 7.56. The first-order valence-corrected chi connectivity index (χ1v) is 9.28. The summed E-state index contributed by atoms with van der Waals surface area (Å²) in [4.78, 5) is 12.4. The van der Waals surface area contributed by atoms with Gasteiger partial charge in [0.1, 0.15) is 5.75 Å². The van der Waals surface area contributed by atoms with Crippen molar-refractivity contribution in [3.63, 3.8) is 0 Å². The van der Waals surface area contributed by atoms with Crippen LogP contribution in [0, 0.1) is 18.6 Å². The van der Waals surface area contributed by atoms with Crippen LogP contribution in [0.3, 0.4) is 0 Å². The number of ether oxygens (including phenoxy) is 2. The van der Waals surface area contributed by atoms with Crippen molar-refractivity contribution >= 4 is 17.6 Å². The molecule has 1 fully saturated rings. The van der Waals surface area contributed by atoms with Gasteiger partial charge in [-0.1, -0.05) is 35.9 Å². The van der Waals surface area contributed by atoms with Crippen LogP contribution in [0.25, 0.3) is 0 Å². The van der Waals surface area contributed by atoms with Crippen LogP contribution in [0.2, 0.25) is 5.15 Å². The minimum Gasteiger partial charge on any atom is -0.434 e. The van der Waals surface area contributed by atoms with E-state index < -0.39 is 23.2 Å². The van der Waals surface area contributed by atoms with E-state index in [2.05, 4.69) is 10.2 Å². The smallest absolute Gasteiger partial charge is 0.346 e. The molecule has 5 nitrogen and oxygen atoms in total. The minimum absolute atomic E-state index is 0.0490. The number of esters is 1. The summed E-state index contributed by atoms with van der Waals surface area (Å²) in [7, 11) is 0. The Bertz CT molecular complexity index is 1100. The predicted molar refractivity (Wildman–Crippen MR) is 102 cm³/mol. The maximum Gasteiger partial charge on any atom is 0.346 e. The van der Waals surface area contributed by atoms with Crippen molar-refractivity contribution in [3.8, 4) is 17.4 Å². The molecule has 0 radical (unpaired) electrons. The SMILES string of the molecule is Cc1cccc(C2CC2)c1Oc1nnc(Cl)cc1OC(=O)c1cccc(F)c1F. The Labute approximate surface area is 170 Å². The topological polar surface area (TPSA) is 61.3 Å². The van der Waals surface area contributed by atoms with Crippen molar-refractivity contribution in [1.82, 2.24) is 10.2 Å². The van der Waals surface area contributed by atoms with Crippen molar-refractivity contribution in [2.75, 3.05) is 0 Å². The second-order valence-corrected chi connectivity index (χ2v) is 7.08. The second-order valence-electron chi connectivity index (χ2n) is 6.70. The van der Waals surface area contributed by atoms with E-state index in [0.29, 0.717) is 11.7 Å². The molecule has 1 aliphatic carbocycles. The summed E-state index contributed by atoms with van der Waals surface area (Å²) in [6.07, 6.45) is 2.12. The average molecular weight is 417 g/mol. The number of carbonyl (C=O) groups is 1. The third kappa shape index (κ3) is 4.05. The molecule has 0 N–H and O–H groups in total. The lowest BCUT2D eigenvalue weighted by Gasteiger charge is -2.15. The molecule has 3 aromatic rings. The molecule has 1 aromatic heterocycles. The van der Waals surface area contributed by atoms with Gasteiger partial charge in [-0.25, -0.2) is 13.6 Å². The van der Waals surface area contributed by atoms with Gasteiger partial charge >= 0.3 is 5.97 Å². The van der Waals surface area contributed by atoms with Gasteiger partial charge in [0.05, 0.1) is 5.56 Å². The summed E-state index contributed by atoms with van der Waals surface area (Å²) in [6.45, 7) is 1.89. The number of hydrogen-bond donors (Lipinski definition) is 0. The van der Waals surface area contributed by atoms with Gasteiger partial charge in [0.25, 0.3) is 5.88 Å². The molecule has 1 heterocycles. The quantitative estimate of drug-likeness (QED) is 0.506. The standard InChI is InChI=1S/C21H15ClF2N2O3/c1-11-4-2-5-13(12-8-9-12)19(11)29-20-16(10-17(22)25-26-20)28-21(27)14-6-3-7-15(23)18(14)24/h2-7,10,12H,8-9H2,1H3. The van der Waals surface area contributed by atoms with E-state index in [1.54, 1.807) is 0 Å². The van der Waals surface area contributed by atoms with Crippen LogP contribution < -0.4 is 9.47 Å². The van der Waals surface area contributed by atoms with Crippen LogP contribution in [0.15, 0.2) is 42.5 Å². The molecule has 0 spiro atoms. The lowest BCUT2D eigenvalue weighted by atomic mass is 10.1. The van der Waals surface area contributed by atoms with Gasteiger partial charge < -0.3 is 9.47 Å². The van der Waals surface area contributed by atoms with Crippen molar-refractivity contribution < 1.29 is 23.0 Å². The number of halogens is 3. The van der Waals surface area contributed by atoms with Crippen LogP contribution in [-0.2, 0) is 0 Å². The molecule has 4 rings (SSSR count). The molecule has 29 heavy (non-hydrogen) atoms. The van der Waals surface area contributed by atoms with Crippen LogP contribution in [0.5, 0.6) is 17.4 Å². The zero-order valence-electron chi connectivity index (χ0n) is 15.3. The van der Waals surface area contributed by atoms with E-state index in [4.69, 9.17) is 21.1 Å². The minimum atomic E-state index is -1.30. The number of para-hydroxylation sites is 1. The molecule has 8 heteroatoms. The molecule has 0 saturated heterocycles. The summed E-state index contributed by atoms with van der Waals surface area (Å²) < 4.78 is 38.5. The maximum absolute atomic E-state index is 13.9. The Morgan fingerprint density at radius 2 is 1.90 bits per heavy atom. The molecular formula is C21H15ClF2N2O3. The maximum atomic E-state index is 13.9. The first-order chi connectivity index (χ1) is 13.9. The number of nitrogens with zero attached hydrogens (tertiary/aromatic N) is 2. The van der Waals surface area contributed by atoms with Crippen LogP contribution in [0.1, 0.15) is 40.2 Å². The van der Waals surface area contributed by atoms with Crippen LogP contribution >= 0.6 is 11.6 Å². The monoisotopic (exact) mass is 416 g/mol. The number of rotatable bonds is 5. The number of benzene rings is 2. The van der Waals surface area contributed by atoms with Crippen molar-refractivity contribution in [1.29, 1.82) is 0 Å². The zero-order valence-corrected chi connectivity index (χ0v) is 16.0. The normalized spacial score (nSPS) is 13.2. The fourth-order valence-corrected chi connectivity index (χ4v) is 3.07. The fourth-order valence-electron chi connectivity index (χ4n) is 2.93. The summed E-state index contributed by atoms with van der Waals surface area (Å²) in [5.41, 5.74) is 1.34. The Kier molecular flexibility index (Phi) is 5.15. The molecule has 0 amide bonds. The van der Waals surface area contributed by atoms with Gasteiger partial charge in [0.15, 0.2) is 22.5 Å². The van der Waals surface area contributed by atoms with Crippen LogP contribution in [-0.4, -0.2) is 16.2 Å². The number of aryl methyl sites for hydroxylation is 1. The third-order valence-electron chi connectivity index (χ3n) is 4.53. The van der Waals surface area contributed by atoms with Gasteiger partial charge in [-0.3, -0.25) is 0 Å². The largest absolute Gasteiger partial charge is 0.434 e. The Balaban J connectivity index is 1.67. The zero-order chi connectivity index (χ0) is 20.5. The lowest BCUT2D eigenvalue weighted by Crippen LogP contribution is -2.13. The Hall–Kier alpha value is -3.06. The Morgan fingerprint density at radius 1 is 1.14 bits per heavy atom. The number of hydrogen-bond acceptors (Lipinski definition) is 5. The average Bonchev–Trinajstić information content (AvgIpc) is 3.52. The van der Waals surface area contributed by atoms with E-state index in [-0.39, 0.29) is 16.8 Å². The molecule has 0 atom stereocenters. The summed E-state index contributed by atoms with van der Waals surface area (Å²) in [6, 6.07) is 10.3. The number of aromatic nitrogens is 2. The molecule has 0 aliphatic heterocycles. The van der Waals surface area contributed by atoms with E-state index >= 15 is 0 Å². The number of carbonyl (C=O) groups excluding carboxylic acids is 1. The first kappa shape index (κ1) is 19.3. The molecular weight excluding hydrogens is 402 g/mol. The van der Waals surface area contributed by atoms with Crippen molar-refractivity contribution in [3.05, 3.63) is 75.9 Å². The van der Waals surface area contributed by atoms with E-state index in [1.807, 2.05) is 25.1 Å². The van der Waals surface area contributed by atoms with Gasteiger partial charge in [0.2, 0.25) is 0 Å². The Morgan fingerprint density at radius 3 is 2.66 bits per heavy atom. The fraction of sp³-hybridized carbons (Fsp3) is 0.190. The molecule has 0 bridgehead atoms. The summed E-state index contributed by atoms with van der Waals surface area (Å²) in [5.74, 6) is -2.82. The highest BCUT2D eigenvalue weighted by molar-refractivity contribution is 6.29.